The van der Waals surface area contributed by atoms with Crippen molar-refractivity contribution in [1.82, 2.24) is 19.4 Å². The monoisotopic (exact) mass is 525 g/mol. The van der Waals surface area contributed by atoms with Gasteiger partial charge in [0.25, 0.3) is 5.56 Å². The van der Waals surface area contributed by atoms with Gasteiger partial charge in [-0.25, -0.2) is 4.98 Å². The number of nitrogens with zero attached hydrogens (tertiary/aromatic N) is 4. The lowest BCUT2D eigenvalue weighted by atomic mass is 10.1. The molecule has 5 rings (SSSR count). The normalized spacial score (nSPS) is 17.4. The summed E-state index contributed by atoms with van der Waals surface area (Å²) >= 11 is 3.45. The van der Waals surface area contributed by atoms with Crippen LogP contribution < -0.4 is 15.6 Å². The molecule has 1 saturated heterocycles. The van der Waals surface area contributed by atoms with E-state index in [0.717, 1.165) is 54.7 Å². The molecule has 0 bridgehead atoms. The van der Waals surface area contributed by atoms with Gasteiger partial charge in [0.1, 0.15) is 18.0 Å². The molecule has 0 spiro atoms. The molecule has 1 aliphatic heterocycles. The maximum Gasteiger partial charge on any atom is 0.266 e. The van der Waals surface area contributed by atoms with Crippen molar-refractivity contribution in [2.75, 3.05) is 31.6 Å². The number of anilines is 2. The minimum absolute atomic E-state index is 0.0190. The Balaban J connectivity index is 1.32. The number of likely N-dealkylation sites (tertiary alicyclic amines) is 1. The van der Waals surface area contributed by atoms with Gasteiger partial charge in [-0.3, -0.25) is 14.3 Å². The van der Waals surface area contributed by atoms with E-state index in [2.05, 4.69) is 31.1 Å². The average Bonchev–Trinajstić information content (AvgIpc) is 3.37. The van der Waals surface area contributed by atoms with Crippen molar-refractivity contribution < 1.29 is 4.74 Å². The minimum atomic E-state index is -0.0190. The molecule has 0 unspecified atom stereocenters. The predicted octanol–water partition coefficient (Wildman–Crippen LogP) is 5.59. The number of benzene rings is 1. The molecule has 0 atom stereocenters. The Hall–Kier alpha value is -2.45. The van der Waals surface area contributed by atoms with E-state index in [1.54, 1.807) is 0 Å². The van der Waals surface area contributed by atoms with Crippen LogP contribution in [0.25, 0.3) is 11.0 Å². The van der Waals surface area contributed by atoms with E-state index in [4.69, 9.17) is 9.72 Å². The summed E-state index contributed by atoms with van der Waals surface area (Å²) in [7, 11) is 0. The first kappa shape index (κ1) is 23.3. The molecule has 1 aromatic carbocycles. The fraction of sp³-hybridized carbons (Fsp3) is 0.500. The molecule has 180 valence electrons. The van der Waals surface area contributed by atoms with Crippen LogP contribution in [-0.2, 0) is 0 Å². The number of hydrogen-bond acceptors (Lipinski definition) is 6. The molecule has 1 saturated carbocycles. The first-order chi connectivity index (χ1) is 16.6. The van der Waals surface area contributed by atoms with Crippen LogP contribution in [0, 0.1) is 6.92 Å². The van der Waals surface area contributed by atoms with Crippen molar-refractivity contribution in [2.45, 2.75) is 57.9 Å². The van der Waals surface area contributed by atoms with Crippen molar-refractivity contribution in [1.29, 1.82) is 0 Å². The zero-order chi connectivity index (χ0) is 23.5. The van der Waals surface area contributed by atoms with E-state index >= 15 is 0 Å². The fourth-order valence-electron chi connectivity index (χ4n) is 5.12. The molecular weight excluding hydrogens is 494 g/mol. The lowest BCUT2D eigenvalue weighted by Crippen LogP contribution is -2.33. The number of nitrogens with one attached hydrogen (secondary N) is 1. The highest BCUT2D eigenvalue weighted by molar-refractivity contribution is 9.10. The summed E-state index contributed by atoms with van der Waals surface area (Å²) in [5.74, 6) is 1.36. The van der Waals surface area contributed by atoms with Crippen LogP contribution in [0.5, 0.6) is 5.75 Å². The van der Waals surface area contributed by atoms with Crippen molar-refractivity contribution in [3.63, 3.8) is 0 Å². The van der Waals surface area contributed by atoms with Crippen LogP contribution in [0.4, 0.5) is 11.6 Å². The maximum absolute atomic E-state index is 13.0. The number of ether oxygens (including phenoxy) is 1. The largest absolute Gasteiger partial charge is 0.492 e. The predicted molar refractivity (Wildman–Crippen MR) is 139 cm³/mol. The number of fused-ring (bicyclic) bond motifs is 1. The molecule has 2 aromatic heterocycles. The second-order valence-corrected chi connectivity index (χ2v) is 10.2. The highest BCUT2D eigenvalue weighted by Gasteiger charge is 2.23. The number of halogens is 1. The first-order valence-electron chi connectivity index (χ1n) is 12.4. The van der Waals surface area contributed by atoms with Gasteiger partial charge in [0.2, 0.25) is 5.95 Å². The molecule has 0 radical (unpaired) electrons. The standard InChI is InChI=1S/C26H32BrN5O2/c1-18-22-17-23(27)25(33)32(20-7-3-4-8-20)24(22)30-26(28-18)29-19-9-11-21(12-10-19)34-16-15-31-13-5-2-6-14-31/h9-12,17,20H,2-8,13-16H2,1H3,(H,28,29,30). The Morgan fingerprint density at radius 2 is 1.79 bits per heavy atom. The lowest BCUT2D eigenvalue weighted by molar-refractivity contribution is 0.183. The van der Waals surface area contributed by atoms with Crippen molar-refractivity contribution in [3.05, 3.63) is 50.9 Å². The average molecular weight is 526 g/mol. The van der Waals surface area contributed by atoms with Gasteiger partial charge >= 0.3 is 0 Å². The first-order valence-corrected chi connectivity index (χ1v) is 13.2. The molecule has 8 heteroatoms. The quantitative estimate of drug-likeness (QED) is 0.433. The number of pyridine rings is 1. The highest BCUT2D eigenvalue weighted by atomic mass is 79.9. The van der Waals surface area contributed by atoms with E-state index in [1.807, 2.05) is 41.8 Å². The van der Waals surface area contributed by atoms with Crippen LogP contribution >= 0.6 is 15.9 Å². The van der Waals surface area contributed by atoms with E-state index in [9.17, 15) is 4.79 Å². The van der Waals surface area contributed by atoms with Crippen LogP contribution in [0.2, 0.25) is 0 Å². The van der Waals surface area contributed by atoms with Crippen LogP contribution in [-0.4, -0.2) is 45.7 Å². The molecule has 2 aliphatic rings. The Morgan fingerprint density at radius 1 is 1.06 bits per heavy atom. The summed E-state index contributed by atoms with van der Waals surface area (Å²) in [5.41, 5.74) is 2.41. The van der Waals surface area contributed by atoms with E-state index in [-0.39, 0.29) is 11.6 Å². The summed E-state index contributed by atoms with van der Waals surface area (Å²) in [6, 6.07) is 9.93. The SMILES string of the molecule is Cc1nc(Nc2ccc(OCCN3CCCCC3)cc2)nc2c1cc(Br)c(=O)n2C1CCCC1. The van der Waals surface area contributed by atoms with Gasteiger partial charge in [0.15, 0.2) is 0 Å². The number of aryl methyl sites for hydroxylation is 1. The van der Waals surface area contributed by atoms with Crippen LogP contribution in [0.3, 0.4) is 0 Å². The third-order valence-electron chi connectivity index (χ3n) is 6.96. The van der Waals surface area contributed by atoms with Crippen LogP contribution in [0.15, 0.2) is 39.6 Å². The van der Waals surface area contributed by atoms with Gasteiger partial charge in [-0.15, -0.1) is 0 Å². The molecule has 3 aromatic rings. The Morgan fingerprint density at radius 3 is 2.53 bits per heavy atom. The summed E-state index contributed by atoms with van der Waals surface area (Å²) in [4.78, 5) is 24.9. The Labute approximate surface area is 208 Å². The number of rotatable bonds is 7. The summed E-state index contributed by atoms with van der Waals surface area (Å²) in [5, 5.41) is 4.21. The molecule has 1 aliphatic carbocycles. The van der Waals surface area contributed by atoms with Gasteiger partial charge in [-0.1, -0.05) is 19.3 Å². The Bertz CT molecular complexity index is 1200. The van der Waals surface area contributed by atoms with Gasteiger partial charge in [-0.2, -0.15) is 4.98 Å². The highest BCUT2D eigenvalue weighted by Crippen LogP contribution is 2.32. The summed E-state index contributed by atoms with van der Waals surface area (Å²) in [6.07, 6.45) is 8.25. The fourth-order valence-corrected chi connectivity index (χ4v) is 5.54. The molecule has 0 amide bonds. The van der Waals surface area contributed by atoms with Gasteiger partial charge in [-0.05, 0) is 92.0 Å². The smallest absolute Gasteiger partial charge is 0.266 e. The van der Waals surface area contributed by atoms with Crippen molar-refractivity contribution in [2.24, 2.45) is 0 Å². The number of aromatic nitrogens is 3. The zero-order valence-electron chi connectivity index (χ0n) is 19.7. The third kappa shape index (κ3) is 5.13. The van der Waals surface area contributed by atoms with E-state index in [1.165, 1.54) is 32.4 Å². The lowest BCUT2D eigenvalue weighted by Gasteiger charge is -2.26. The number of hydrogen-bond donors (Lipinski definition) is 1. The van der Waals surface area contributed by atoms with Crippen molar-refractivity contribution in [3.8, 4) is 5.75 Å². The summed E-state index contributed by atoms with van der Waals surface area (Å²) < 4.78 is 8.38. The third-order valence-corrected chi connectivity index (χ3v) is 7.53. The summed E-state index contributed by atoms with van der Waals surface area (Å²) in [6.45, 7) is 6.01. The van der Waals surface area contributed by atoms with E-state index in [0.29, 0.717) is 22.7 Å². The molecule has 1 N–H and O–H groups in total. The molecule has 2 fully saturated rings. The van der Waals surface area contributed by atoms with E-state index < -0.39 is 0 Å². The van der Waals surface area contributed by atoms with Gasteiger partial charge in [0, 0.05) is 23.7 Å². The maximum atomic E-state index is 13.0. The van der Waals surface area contributed by atoms with Gasteiger partial charge < -0.3 is 10.1 Å². The van der Waals surface area contributed by atoms with Gasteiger partial charge in [0.05, 0.1) is 10.2 Å². The molecule has 3 heterocycles. The Kier molecular flexibility index (Phi) is 7.15. The number of piperidine rings is 1. The molecule has 34 heavy (non-hydrogen) atoms. The van der Waals surface area contributed by atoms with Crippen molar-refractivity contribution >= 4 is 38.6 Å². The zero-order valence-corrected chi connectivity index (χ0v) is 21.3. The second-order valence-electron chi connectivity index (χ2n) is 9.38. The molecular formula is C26H32BrN5O2. The topological polar surface area (TPSA) is 72.3 Å². The second kappa shape index (κ2) is 10.4. The molecule has 7 nitrogen and oxygen atoms in total. The minimum Gasteiger partial charge on any atom is -0.492 e. The van der Waals surface area contributed by atoms with Crippen LogP contribution in [0.1, 0.15) is 56.7 Å².